The van der Waals surface area contributed by atoms with Crippen molar-refractivity contribution in [3.8, 4) is 18.2 Å². The van der Waals surface area contributed by atoms with Gasteiger partial charge in [0.2, 0.25) is 0 Å². The van der Waals surface area contributed by atoms with Crippen molar-refractivity contribution in [2.24, 2.45) is 17.1 Å². The molecule has 0 amide bonds. The van der Waals surface area contributed by atoms with Gasteiger partial charge < -0.3 is 5.73 Å². The maximum Gasteiger partial charge on any atom is 0.191 e. The number of fused-ring (bicyclic) bond motifs is 1. The number of allylic oxidation sites excluding steroid dienone is 4. The average molecular weight is 530 g/mol. The highest BCUT2D eigenvalue weighted by atomic mass is 79.9. The highest BCUT2D eigenvalue weighted by Crippen LogP contribution is 2.56. The van der Waals surface area contributed by atoms with Gasteiger partial charge in [-0.2, -0.15) is 15.8 Å². The van der Waals surface area contributed by atoms with Crippen molar-refractivity contribution in [3.63, 3.8) is 0 Å². The van der Waals surface area contributed by atoms with Gasteiger partial charge in [-0.25, -0.2) is 0 Å². The number of nitrogens with zero attached hydrogens (tertiary/aromatic N) is 3. The number of benzene rings is 2. The fourth-order valence-corrected chi connectivity index (χ4v) is 6.54. The van der Waals surface area contributed by atoms with Crippen LogP contribution in [0.1, 0.15) is 47.4 Å². The molecule has 0 saturated carbocycles. The lowest BCUT2D eigenvalue weighted by Crippen LogP contribution is -2.43. The van der Waals surface area contributed by atoms with E-state index in [9.17, 15) is 15.8 Å². The van der Waals surface area contributed by atoms with Crippen LogP contribution in [0.2, 0.25) is 0 Å². The predicted molar refractivity (Wildman–Crippen MR) is 138 cm³/mol. The molecule has 0 bridgehead atoms. The molecule has 0 aliphatic heterocycles. The summed E-state index contributed by atoms with van der Waals surface area (Å²) >= 11 is 5.24. The fraction of sp³-hybridized carbons (Fsp3) is 0.321. The largest absolute Gasteiger partial charge is 0.399 e. The Labute approximate surface area is 213 Å². The van der Waals surface area contributed by atoms with E-state index >= 15 is 0 Å². The molecule has 6 heteroatoms. The van der Waals surface area contributed by atoms with Gasteiger partial charge in [0.15, 0.2) is 5.41 Å². The number of hydrogen-bond donors (Lipinski definition) is 1. The van der Waals surface area contributed by atoms with E-state index in [4.69, 9.17) is 5.73 Å². The summed E-state index contributed by atoms with van der Waals surface area (Å²) in [5.41, 5.74) is 10.6. The molecule has 4 rings (SSSR count). The standard InChI is InChI=1S/C28H25BrN4S/c1-17-11-18(2)24(12-19(17)14-34-21-9-7-20(29)8-10-21)26-23-6-4-3-5-22(23)25(13-30)27(33)28(26,15-31)16-32/h5,7-12,23,26H,3-4,6,14,33H2,1-2H3/t23-,26-/m0/s1. The summed E-state index contributed by atoms with van der Waals surface area (Å²) < 4.78 is 1.05. The van der Waals surface area contributed by atoms with Crippen LogP contribution in [0.4, 0.5) is 0 Å². The molecule has 170 valence electrons. The van der Waals surface area contributed by atoms with Gasteiger partial charge in [0, 0.05) is 21.0 Å². The third-order valence-electron chi connectivity index (χ3n) is 7.07. The number of halogens is 1. The summed E-state index contributed by atoms with van der Waals surface area (Å²) in [5.74, 6) is 0.286. The average Bonchev–Trinajstić information content (AvgIpc) is 2.84. The van der Waals surface area contributed by atoms with E-state index in [0.29, 0.717) is 5.57 Å². The molecule has 2 aliphatic rings. The molecule has 34 heavy (non-hydrogen) atoms. The highest BCUT2D eigenvalue weighted by molar-refractivity contribution is 9.10. The molecular formula is C28H25BrN4S. The molecular weight excluding hydrogens is 504 g/mol. The Hall–Kier alpha value is -2.98. The first-order valence-corrected chi connectivity index (χ1v) is 13.1. The molecule has 2 atom stereocenters. The first-order chi connectivity index (χ1) is 16.4. The molecule has 0 aromatic heterocycles. The van der Waals surface area contributed by atoms with Crippen LogP contribution in [0.5, 0.6) is 0 Å². The Bertz CT molecular complexity index is 1300. The third kappa shape index (κ3) is 4.05. The third-order valence-corrected chi connectivity index (χ3v) is 8.66. The smallest absolute Gasteiger partial charge is 0.191 e. The number of nitrogens with two attached hydrogens (primary N) is 1. The summed E-state index contributed by atoms with van der Waals surface area (Å²) in [7, 11) is 0. The Morgan fingerprint density at radius 1 is 1.09 bits per heavy atom. The van der Waals surface area contributed by atoms with Gasteiger partial charge >= 0.3 is 0 Å². The molecule has 0 heterocycles. The molecule has 4 nitrogen and oxygen atoms in total. The van der Waals surface area contributed by atoms with E-state index in [1.54, 1.807) is 11.8 Å². The van der Waals surface area contributed by atoms with Crippen molar-refractivity contribution in [2.75, 3.05) is 0 Å². The summed E-state index contributed by atoms with van der Waals surface area (Å²) in [5, 5.41) is 30.5. The monoisotopic (exact) mass is 528 g/mol. The number of aryl methyl sites for hydroxylation is 2. The number of hydrogen-bond acceptors (Lipinski definition) is 5. The molecule has 0 saturated heterocycles. The molecule has 2 N–H and O–H groups in total. The first-order valence-electron chi connectivity index (χ1n) is 11.3. The van der Waals surface area contributed by atoms with Crippen LogP contribution >= 0.6 is 27.7 Å². The van der Waals surface area contributed by atoms with E-state index in [1.165, 1.54) is 16.0 Å². The predicted octanol–water partition coefficient (Wildman–Crippen LogP) is 6.95. The van der Waals surface area contributed by atoms with Gasteiger partial charge in [0.05, 0.1) is 23.4 Å². The maximum absolute atomic E-state index is 10.3. The second kappa shape index (κ2) is 9.71. The second-order valence-electron chi connectivity index (χ2n) is 8.98. The van der Waals surface area contributed by atoms with Crippen molar-refractivity contribution in [1.82, 2.24) is 0 Å². The lowest BCUT2D eigenvalue weighted by molar-refractivity contribution is 0.316. The van der Waals surface area contributed by atoms with Crippen LogP contribution in [-0.4, -0.2) is 0 Å². The van der Waals surface area contributed by atoms with Crippen molar-refractivity contribution in [3.05, 3.63) is 86.0 Å². The van der Waals surface area contributed by atoms with E-state index in [0.717, 1.165) is 46.2 Å². The van der Waals surface area contributed by atoms with Crippen LogP contribution in [-0.2, 0) is 5.75 Å². The minimum absolute atomic E-state index is 0.0802. The zero-order valence-corrected chi connectivity index (χ0v) is 21.6. The van der Waals surface area contributed by atoms with Gasteiger partial charge in [-0.3, -0.25) is 0 Å². The molecule has 0 unspecified atom stereocenters. The summed E-state index contributed by atoms with van der Waals surface area (Å²) in [6.45, 7) is 4.14. The Morgan fingerprint density at radius 2 is 1.79 bits per heavy atom. The SMILES string of the molecule is Cc1cc(C)c([C@@H]2[C@H]3CCCC=C3C(C#N)=C(N)C2(C#N)C#N)cc1CSc1ccc(Br)cc1. The lowest BCUT2D eigenvalue weighted by Gasteiger charge is -2.44. The molecule has 2 aromatic carbocycles. The van der Waals surface area contributed by atoms with Crippen LogP contribution in [0, 0.1) is 59.2 Å². The zero-order chi connectivity index (χ0) is 24.5. The topological polar surface area (TPSA) is 97.4 Å². The molecule has 0 radical (unpaired) electrons. The molecule has 2 aliphatic carbocycles. The quantitative estimate of drug-likeness (QED) is 0.432. The van der Waals surface area contributed by atoms with Crippen molar-refractivity contribution in [2.45, 2.75) is 49.7 Å². The van der Waals surface area contributed by atoms with Gasteiger partial charge in [-0.05, 0) is 91.1 Å². The van der Waals surface area contributed by atoms with Crippen LogP contribution < -0.4 is 5.73 Å². The van der Waals surface area contributed by atoms with Crippen LogP contribution in [0.15, 0.2) is 68.7 Å². The molecule has 2 aromatic rings. The number of nitriles is 3. The van der Waals surface area contributed by atoms with Crippen molar-refractivity contribution in [1.29, 1.82) is 15.8 Å². The molecule has 0 fully saturated rings. The van der Waals surface area contributed by atoms with E-state index in [2.05, 4.69) is 71.4 Å². The van der Waals surface area contributed by atoms with E-state index in [1.807, 2.05) is 19.1 Å². The normalized spacial score (nSPS) is 21.0. The van der Waals surface area contributed by atoms with Crippen LogP contribution in [0.25, 0.3) is 0 Å². The Kier molecular flexibility index (Phi) is 6.90. The maximum atomic E-state index is 10.3. The Morgan fingerprint density at radius 3 is 2.44 bits per heavy atom. The van der Waals surface area contributed by atoms with Crippen molar-refractivity contribution >= 4 is 27.7 Å². The van der Waals surface area contributed by atoms with Gasteiger partial charge in [0.25, 0.3) is 0 Å². The Balaban J connectivity index is 1.83. The van der Waals surface area contributed by atoms with Gasteiger partial charge in [0.1, 0.15) is 6.07 Å². The summed E-state index contributed by atoms with van der Waals surface area (Å²) in [4.78, 5) is 1.18. The molecule has 0 spiro atoms. The fourth-order valence-electron chi connectivity index (χ4n) is 5.32. The van der Waals surface area contributed by atoms with Crippen LogP contribution in [0.3, 0.4) is 0 Å². The minimum Gasteiger partial charge on any atom is -0.399 e. The number of thioether (sulfide) groups is 1. The number of rotatable bonds is 4. The minimum atomic E-state index is -1.57. The van der Waals surface area contributed by atoms with E-state index in [-0.39, 0.29) is 11.6 Å². The van der Waals surface area contributed by atoms with Crippen molar-refractivity contribution < 1.29 is 0 Å². The van der Waals surface area contributed by atoms with Gasteiger partial charge in [-0.15, -0.1) is 11.8 Å². The first kappa shape index (κ1) is 24.2. The van der Waals surface area contributed by atoms with Gasteiger partial charge in [-0.1, -0.05) is 34.1 Å². The summed E-state index contributed by atoms with van der Waals surface area (Å²) in [6, 6.07) is 19.3. The van der Waals surface area contributed by atoms with E-state index < -0.39 is 11.3 Å². The summed E-state index contributed by atoms with van der Waals surface area (Å²) in [6.07, 6.45) is 4.76. The second-order valence-corrected chi connectivity index (χ2v) is 10.9. The zero-order valence-electron chi connectivity index (χ0n) is 19.2. The highest BCUT2D eigenvalue weighted by Gasteiger charge is 2.54. The lowest BCUT2D eigenvalue weighted by atomic mass is 9.56.